The molecule has 0 amide bonds. The van der Waals surface area contributed by atoms with Crippen molar-refractivity contribution < 1.29 is 9.47 Å². The second kappa shape index (κ2) is 7.84. The molecular weight excluding hydrogens is 240 g/mol. The maximum Gasteiger partial charge on any atom is 0.0808 e. The third kappa shape index (κ3) is 4.76. The standard InChI is InChI=1S/C15H26N2O2/c1-13(5-8-16)17-9-6-14(7-10-17)19-12-15-4-2-3-11-18-15/h13-15H,2-7,9-12H2,1H3. The number of hydrogen-bond donors (Lipinski definition) is 0. The molecule has 0 aromatic rings. The molecule has 108 valence electrons. The first kappa shape index (κ1) is 14.8. The Morgan fingerprint density at radius 3 is 2.74 bits per heavy atom. The third-order valence-electron chi connectivity index (χ3n) is 4.28. The van der Waals surface area contributed by atoms with Gasteiger partial charge in [-0.2, -0.15) is 5.26 Å². The fraction of sp³-hybridized carbons (Fsp3) is 0.933. The van der Waals surface area contributed by atoms with Gasteiger partial charge in [0.25, 0.3) is 0 Å². The van der Waals surface area contributed by atoms with E-state index in [9.17, 15) is 0 Å². The van der Waals surface area contributed by atoms with Crippen LogP contribution in [0.3, 0.4) is 0 Å². The van der Waals surface area contributed by atoms with Gasteiger partial charge in [0, 0.05) is 25.7 Å². The molecule has 2 aliphatic rings. The van der Waals surface area contributed by atoms with Gasteiger partial charge in [-0.25, -0.2) is 0 Å². The normalized spacial score (nSPS) is 27.9. The number of ether oxygens (including phenoxy) is 2. The second-order valence-electron chi connectivity index (χ2n) is 5.77. The SMILES string of the molecule is CC(CC#N)N1CCC(OCC2CCCCO2)CC1. The van der Waals surface area contributed by atoms with Crippen molar-refractivity contribution in [2.75, 3.05) is 26.3 Å². The Balaban J connectivity index is 1.62. The van der Waals surface area contributed by atoms with Gasteiger partial charge in [-0.05, 0) is 39.0 Å². The molecule has 0 aromatic carbocycles. The summed E-state index contributed by atoms with van der Waals surface area (Å²) >= 11 is 0. The van der Waals surface area contributed by atoms with E-state index in [1.807, 2.05) is 0 Å². The van der Waals surface area contributed by atoms with Gasteiger partial charge in [0.1, 0.15) is 0 Å². The van der Waals surface area contributed by atoms with Crippen molar-refractivity contribution in [1.82, 2.24) is 4.90 Å². The lowest BCUT2D eigenvalue weighted by Crippen LogP contribution is -2.42. The van der Waals surface area contributed by atoms with Crippen LogP contribution in [0.4, 0.5) is 0 Å². The van der Waals surface area contributed by atoms with Crippen LogP contribution in [-0.4, -0.2) is 49.5 Å². The van der Waals surface area contributed by atoms with E-state index in [0.29, 0.717) is 24.7 Å². The molecule has 0 radical (unpaired) electrons. The van der Waals surface area contributed by atoms with E-state index in [0.717, 1.165) is 45.6 Å². The van der Waals surface area contributed by atoms with Gasteiger partial charge in [-0.15, -0.1) is 0 Å². The van der Waals surface area contributed by atoms with Crippen LogP contribution in [0.25, 0.3) is 0 Å². The summed E-state index contributed by atoms with van der Waals surface area (Å²) in [6, 6.07) is 2.64. The van der Waals surface area contributed by atoms with E-state index >= 15 is 0 Å². The van der Waals surface area contributed by atoms with E-state index in [2.05, 4.69) is 17.9 Å². The molecule has 0 bridgehead atoms. The summed E-state index contributed by atoms with van der Waals surface area (Å²) in [6.07, 6.45) is 7.13. The predicted octanol–water partition coefficient (Wildman–Crippen LogP) is 2.34. The molecule has 2 rings (SSSR count). The molecular formula is C15H26N2O2. The first-order valence-corrected chi connectivity index (χ1v) is 7.64. The smallest absolute Gasteiger partial charge is 0.0808 e. The zero-order valence-corrected chi connectivity index (χ0v) is 12.0. The Bertz CT molecular complexity index is 289. The van der Waals surface area contributed by atoms with Gasteiger partial charge >= 0.3 is 0 Å². The lowest BCUT2D eigenvalue weighted by atomic mass is 10.0. The Kier molecular flexibility index (Phi) is 6.09. The quantitative estimate of drug-likeness (QED) is 0.766. The maximum absolute atomic E-state index is 8.73. The van der Waals surface area contributed by atoms with Gasteiger partial charge in [0.2, 0.25) is 0 Å². The molecule has 0 spiro atoms. The molecule has 2 aliphatic heterocycles. The second-order valence-corrected chi connectivity index (χ2v) is 5.77. The largest absolute Gasteiger partial charge is 0.376 e. The minimum atomic E-state index is 0.323. The van der Waals surface area contributed by atoms with Gasteiger partial charge in [-0.3, -0.25) is 4.90 Å². The molecule has 0 aliphatic carbocycles. The summed E-state index contributed by atoms with van der Waals surface area (Å²) in [5, 5.41) is 8.73. The number of nitrogens with zero attached hydrogens (tertiary/aromatic N) is 2. The summed E-state index contributed by atoms with van der Waals surface area (Å²) in [4.78, 5) is 2.40. The molecule has 2 heterocycles. The molecule has 2 fully saturated rings. The fourth-order valence-corrected chi connectivity index (χ4v) is 2.93. The first-order chi connectivity index (χ1) is 9.29. The molecule has 2 unspecified atom stereocenters. The van der Waals surface area contributed by atoms with Crippen molar-refractivity contribution in [2.24, 2.45) is 0 Å². The number of likely N-dealkylation sites (tertiary alicyclic amines) is 1. The van der Waals surface area contributed by atoms with Crippen LogP contribution in [0, 0.1) is 11.3 Å². The topological polar surface area (TPSA) is 45.5 Å². The van der Waals surface area contributed by atoms with E-state index < -0.39 is 0 Å². The third-order valence-corrected chi connectivity index (χ3v) is 4.28. The van der Waals surface area contributed by atoms with Crippen LogP contribution in [-0.2, 0) is 9.47 Å². The molecule has 0 saturated carbocycles. The van der Waals surface area contributed by atoms with E-state index in [-0.39, 0.29) is 0 Å². The highest BCUT2D eigenvalue weighted by molar-refractivity contribution is 4.83. The average Bonchev–Trinajstić information content (AvgIpc) is 2.47. The molecule has 0 aromatic heterocycles. The molecule has 2 atom stereocenters. The first-order valence-electron chi connectivity index (χ1n) is 7.64. The van der Waals surface area contributed by atoms with Crippen molar-refractivity contribution >= 4 is 0 Å². The van der Waals surface area contributed by atoms with Crippen LogP contribution in [0.1, 0.15) is 45.4 Å². The van der Waals surface area contributed by atoms with E-state index in [1.165, 1.54) is 12.8 Å². The number of hydrogen-bond acceptors (Lipinski definition) is 4. The minimum absolute atomic E-state index is 0.323. The summed E-state index contributed by atoms with van der Waals surface area (Å²) in [5.74, 6) is 0. The van der Waals surface area contributed by atoms with Crippen molar-refractivity contribution in [3.63, 3.8) is 0 Å². The van der Waals surface area contributed by atoms with Crippen molar-refractivity contribution in [1.29, 1.82) is 5.26 Å². The average molecular weight is 266 g/mol. The minimum Gasteiger partial charge on any atom is -0.376 e. The maximum atomic E-state index is 8.73. The van der Waals surface area contributed by atoms with Crippen molar-refractivity contribution in [3.8, 4) is 6.07 Å². The number of rotatable bonds is 5. The Morgan fingerprint density at radius 1 is 1.32 bits per heavy atom. The zero-order valence-electron chi connectivity index (χ0n) is 12.0. The Hall–Kier alpha value is -0.630. The van der Waals surface area contributed by atoms with E-state index in [4.69, 9.17) is 14.7 Å². The highest BCUT2D eigenvalue weighted by Crippen LogP contribution is 2.19. The predicted molar refractivity (Wildman–Crippen MR) is 73.8 cm³/mol. The number of nitriles is 1. The molecule has 2 saturated heterocycles. The Morgan fingerprint density at radius 2 is 2.11 bits per heavy atom. The molecule has 4 nitrogen and oxygen atoms in total. The van der Waals surface area contributed by atoms with Gasteiger partial charge in [-0.1, -0.05) is 0 Å². The highest BCUT2D eigenvalue weighted by atomic mass is 16.5. The zero-order chi connectivity index (χ0) is 13.5. The van der Waals surface area contributed by atoms with Crippen LogP contribution in [0.15, 0.2) is 0 Å². The summed E-state index contributed by atoms with van der Waals surface area (Å²) in [6.45, 7) is 5.91. The van der Waals surface area contributed by atoms with Crippen molar-refractivity contribution in [2.45, 2.75) is 63.7 Å². The molecule has 19 heavy (non-hydrogen) atoms. The van der Waals surface area contributed by atoms with Crippen LogP contribution >= 0.6 is 0 Å². The fourth-order valence-electron chi connectivity index (χ4n) is 2.93. The molecule has 0 N–H and O–H groups in total. The van der Waals surface area contributed by atoms with Crippen LogP contribution in [0.2, 0.25) is 0 Å². The monoisotopic (exact) mass is 266 g/mol. The van der Waals surface area contributed by atoms with Crippen molar-refractivity contribution in [3.05, 3.63) is 0 Å². The van der Waals surface area contributed by atoms with Crippen LogP contribution in [0.5, 0.6) is 0 Å². The van der Waals surface area contributed by atoms with Gasteiger partial charge in [0.15, 0.2) is 0 Å². The van der Waals surface area contributed by atoms with Gasteiger partial charge < -0.3 is 9.47 Å². The molecule has 4 heteroatoms. The highest BCUT2D eigenvalue weighted by Gasteiger charge is 2.24. The number of piperidine rings is 1. The lowest BCUT2D eigenvalue weighted by Gasteiger charge is -2.35. The van der Waals surface area contributed by atoms with Crippen LogP contribution < -0.4 is 0 Å². The summed E-state index contributed by atoms with van der Waals surface area (Å²) < 4.78 is 11.7. The summed E-state index contributed by atoms with van der Waals surface area (Å²) in [7, 11) is 0. The van der Waals surface area contributed by atoms with Gasteiger partial charge in [0.05, 0.1) is 31.3 Å². The Labute approximate surface area is 116 Å². The van der Waals surface area contributed by atoms with E-state index in [1.54, 1.807) is 0 Å². The summed E-state index contributed by atoms with van der Waals surface area (Å²) in [5.41, 5.74) is 0. The lowest BCUT2D eigenvalue weighted by molar-refractivity contribution is -0.0766.